The Morgan fingerprint density at radius 3 is 2.00 bits per heavy atom. The fraction of sp³-hybridized carbons (Fsp3) is 0.269. The summed E-state index contributed by atoms with van der Waals surface area (Å²) in [5.74, 6) is -0.128. The monoisotopic (exact) mass is 463 g/mol. The van der Waals surface area contributed by atoms with Gasteiger partial charge in [-0.15, -0.1) is 0 Å². The third kappa shape index (κ3) is 5.68. The highest BCUT2D eigenvalue weighted by Crippen LogP contribution is 2.31. The van der Waals surface area contributed by atoms with Crippen molar-refractivity contribution in [2.75, 3.05) is 6.54 Å². The standard InChI is InChI=1S/C26H29N3O3S/c1-19-14-16-22(17-15-19)33(31,32)29-25(21-11-6-3-7-12-21)24(20-9-4-2-5-10-20)28-26(30)23-13-8-18-27-23/h2-7,9-12,14-17,23-25,27,29H,8,13,18H2,1H3,(H,28,30)/t23-,24+,25+/m0/s1. The van der Waals surface area contributed by atoms with Crippen molar-refractivity contribution in [2.45, 2.75) is 42.8 Å². The summed E-state index contributed by atoms with van der Waals surface area (Å²) in [6.07, 6.45) is 1.70. The van der Waals surface area contributed by atoms with Crippen LogP contribution < -0.4 is 15.4 Å². The average Bonchev–Trinajstić information content (AvgIpc) is 3.38. The number of aryl methyl sites for hydroxylation is 1. The number of rotatable bonds is 8. The minimum absolute atomic E-state index is 0.128. The Labute approximate surface area is 195 Å². The summed E-state index contributed by atoms with van der Waals surface area (Å²) in [6, 6.07) is 24.0. The summed E-state index contributed by atoms with van der Waals surface area (Å²) >= 11 is 0. The zero-order chi connectivity index (χ0) is 23.3. The van der Waals surface area contributed by atoms with Crippen molar-refractivity contribution in [3.63, 3.8) is 0 Å². The molecule has 3 aromatic rings. The first-order valence-electron chi connectivity index (χ1n) is 11.2. The fourth-order valence-electron chi connectivity index (χ4n) is 4.12. The number of sulfonamides is 1. The van der Waals surface area contributed by atoms with Gasteiger partial charge in [-0.3, -0.25) is 4.79 Å². The molecule has 6 nitrogen and oxygen atoms in total. The quantitative estimate of drug-likeness (QED) is 0.476. The Bertz CT molecular complexity index is 1160. The molecule has 1 aliphatic rings. The first kappa shape index (κ1) is 23.2. The molecular weight excluding hydrogens is 434 g/mol. The van der Waals surface area contributed by atoms with Crippen LogP contribution in [0.1, 0.15) is 41.6 Å². The molecule has 3 aromatic carbocycles. The van der Waals surface area contributed by atoms with Crippen molar-refractivity contribution in [1.29, 1.82) is 0 Å². The molecule has 33 heavy (non-hydrogen) atoms. The highest BCUT2D eigenvalue weighted by atomic mass is 32.2. The number of carbonyl (C=O) groups excluding carboxylic acids is 1. The van der Waals surface area contributed by atoms with E-state index < -0.39 is 22.1 Å². The van der Waals surface area contributed by atoms with Gasteiger partial charge in [0.15, 0.2) is 0 Å². The van der Waals surface area contributed by atoms with Gasteiger partial charge in [0.1, 0.15) is 0 Å². The van der Waals surface area contributed by atoms with Crippen LogP contribution >= 0.6 is 0 Å². The molecule has 7 heteroatoms. The Balaban J connectivity index is 1.73. The van der Waals surface area contributed by atoms with E-state index in [0.717, 1.165) is 36.1 Å². The number of nitrogens with one attached hydrogen (secondary N) is 3. The van der Waals surface area contributed by atoms with Gasteiger partial charge < -0.3 is 10.6 Å². The lowest BCUT2D eigenvalue weighted by Crippen LogP contribution is -2.46. The van der Waals surface area contributed by atoms with E-state index in [0.29, 0.717) is 0 Å². The first-order chi connectivity index (χ1) is 15.9. The van der Waals surface area contributed by atoms with E-state index in [4.69, 9.17) is 0 Å². The number of hydrogen-bond donors (Lipinski definition) is 3. The van der Waals surface area contributed by atoms with Gasteiger partial charge >= 0.3 is 0 Å². The zero-order valence-electron chi connectivity index (χ0n) is 18.6. The molecule has 0 saturated carbocycles. The summed E-state index contributed by atoms with van der Waals surface area (Å²) in [7, 11) is -3.85. The maximum atomic E-state index is 13.4. The van der Waals surface area contributed by atoms with Crippen molar-refractivity contribution < 1.29 is 13.2 Å². The molecule has 0 bridgehead atoms. The van der Waals surface area contributed by atoms with Gasteiger partial charge in [-0.05, 0) is 49.6 Å². The van der Waals surface area contributed by atoms with Crippen LogP contribution in [-0.4, -0.2) is 26.9 Å². The van der Waals surface area contributed by atoms with E-state index in [9.17, 15) is 13.2 Å². The van der Waals surface area contributed by atoms with Crippen LogP contribution in [-0.2, 0) is 14.8 Å². The third-order valence-electron chi connectivity index (χ3n) is 5.94. The Morgan fingerprint density at radius 2 is 1.45 bits per heavy atom. The lowest BCUT2D eigenvalue weighted by molar-refractivity contribution is -0.123. The van der Waals surface area contributed by atoms with Crippen LogP contribution in [0.3, 0.4) is 0 Å². The highest BCUT2D eigenvalue weighted by molar-refractivity contribution is 7.89. The molecule has 0 spiro atoms. The van der Waals surface area contributed by atoms with Crippen molar-refractivity contribution in [2.24, 2.45) is 0 Å². The summed E-state index contributed by atoms with van der Waals surface area (Å²) in [5, 5.41) is 6.35. The molecule has 1 saturated heterocycles. The Morgan fingerprint density at radius 1 is 0.879 bits per heavy atom. The maximum Gasteiger partial charge on any atom is 0.241 e. The molecule has 1 heterocycles. The third-order valence-corrected chi connectivity index (χ3v) is 7.40. The van der Waals surface area contributed by atoms with Gasteiger partial charge in [-0.2, -0.15) is 0 Å². The zero-order valence-corrected chi connectivity index (χ0v) is 19.4. The second kappa shape index (κ2) is 10.3. The van der Waals surface area contributed by atoms with Gasteiger partial charge in [0, 0.05) is 0 Å². The number of amides is 1. The molecule has 172 valence electrons. The van der Waals surface area contributed by atoms with Gasteiger partial charge in [0.05, 0.1) is 23.0 Å². The molecule has 1 amide bonds. The van der Waals surface area contributed by atoms with Gasteiger partial charge in [-0.25, -0.2) is 13.1 Å². The molecule has 3 atom stereocenters. The van der Waals surface area contributed by atoms with Crippen LogP contribution in [0.5, 0.6) is 0 Å². The first-order valence-corrected chi connectivity index (χ1v) is 12.6. The summed E-state index contributed by atoms with van der Waals surface area (Å²) in [6.45, 7) is 2.71. The minimum atomic E-state index is -3.85. The molecule has 0 unspecified atom stereocenters. The second-order valence-corrected chi connectivity index (χ2v) is 10.1. The molecule has 1 fully saturated rings. The minimum Gasteiger partial charge on any atom is -0.346 e. The lowest BCUT2D eigenvalue weighted by atomic mass is 9.93. The maximum absolute atomic E-state index is 13.4. The van der Waals surface area contributed by atoms with E-state index in [-0.39, 0.29) is 16.8 Å². The van der Waals surface area contributed by atoms with Crippen LogP contribution in [0, 0.1) is 6.92 Å². The van der Waals surface area contributed by atoms with E-state index in [1.807, 2.05) is 67.6 Å². The van der Waals surface area contributed by atoms with Gasteiger partial charge in [0.2, 0.25) is 15.9 Å². The smallest absolute Gasteiger partial charge is 0.241 e. The highest BCUT2D eigenvalue weighted by Gasteiger charge is 2.33. The van der Waals surface area contributed by atoms with E-state index >= 15 is 0 Å². The summed E-state index contributed by atoms with van der Waals surface area (Å²) in [5.41, 5.74) is 2.57. The molecule has 0 aromatic heterocycles. The Kier molecular flexibility index (Phi) is 7.23. The average molecular weight is 464 g/mol. The molecule has 0 aliphatic carbocycles. The molecule has 0 radical (unpaired) electrons. The molecular formula is C26H29N3O3S. The van der Waals surface area contributed by atoms with Gasteiger partial charge in [0.25, 0.3) is 0 Å². The normalized spacial score (nSPS) is 17.9. The van der Waals surface area contributed by atoms with Crippen LogP contribution in [0.25, 0.3) is 0 Å². The molecule has 1 aliphatic heterocycles. The van der Waals surface area contributed by atoms with Crippen molar-refractivity contribution in [1.82, 2.24) is 15.4 Å². The van der Waals surface area contributed by atoms with Crippen molar-refractivity contribution in [3.05, 3.63) is 102 Å². The summed E-state index contributed by atoms with van der Waals surface area (Å²) in [4.78, 5) is 13.3. The predicted molar refractivity (Wildman–Crippen MR) is 129 cm³/mol. The number of hydrogen-bond acceptors (Lipinski definition) is 4. The number of carbonyl (C=O) groups is 1. The predicted octanol–water partition coefficient (Wildman–Crippen LogP) is 3.62. The summed E-state index contributed by atoms with van der Waals surface area (Å²) < 4.78 is 29.6. The van der Waals surface area contributed by atoms with Crippen molar-refractivity contribution >= 4 is 15.9 Å². The lowest BCUT2D eigenvalue weighted by Gasteiger charge is -2.30. The van der Waals surface area contributed by atoms with Crippen LogP contribution in [0.2, 0.25) is 0 Å². The van der Waals surface area contributed by atoms with E-state index in [1.54, 1.807) is 24.3 Å². The Hall–Kier alpha value is -3.00. The SMILES string of the molecule is Cc1ccc(S(=O)(=O)N[C@H](c2ccccc2)[C@H](NC(=O)[C@@H]2CCCN2)c2ccccc2)cc1. The fourth-order valence-corrected chi connectivity index (χ4v) is 5.36. The van der Waals surface area contributed by atoms with Crippen molar-refractivity contribution in [3.8, 4) is 0 Å². The van der Waals surface area contributed by atoms with E-state index in [2.05, 4.69) is 15.4 Å². The molecule has 3 N–H and O–H groups in total. The topological polar surface area (TPSA) is 87.3 Å². The van der Waals surface area contributed by atoms with Crippen LogP contribution in [0.15, 0.2) is 89.8 Å². The van der Waals surface area contributed by atoms with Gasteiger partial charge in [-0.1, -0.05) is 78.4 Å². The molecule has 4 rings (SSSR count). The van der Waals surface area contributed by atoms with E-state index in [1.165, 1.54) is 0 Å². The van der Waals surface area contributed by atoms with Crippen LogP contribution in [0.4, 0.5) is 0 Å². The largest absolute Gasteiger partial charge is 0.346 e. The number of benzene rings is 3. The second-order valence-electron chi connectivity index (χ2n) is 8.37.